The minimum Gasteiger partial charge on any atom is -0.262 e. The van der Waals surface area contributed by atoms with Crippen LogP contribution in [-0.4, -0.2) is 16.0 Å². The molecule has 0 saturated heterocycles. The lowest BCUT2D eigenvalue weighted by atomic mass is 10.5. The maximum absolute atomic E-state index is 11.8. The van der Waals surface area contributed by atoms with Gasteiger partial charge in [0, 0.05) is 6.20 Å². The normalized spacial score (nSPS) is 12.1. The Labute approximate surface area is 75.5 Å². The number of rotatable bonds is 1. The third-order valence-corrected chi connectivity index (χ3v) is 2.01. The minimum atomic E-state index is -4.21. The summed E-state index contributed by atoms with van der Waals surface area (Å²) in [5, 5.41) is 3.65. The van der Waals surface area contributed by atoms with E-state index in [9.17, 15) is 13.2 Å². The number of halogens is 4. The molecule has 1 aromatic heterocycles. The van der Waals surface area contributed by atoms with E-state index in [0.717, 1.165) is 4.68 Å². The summed E-state index contributed by atoms with van der Waals surface area (Å²) in [5.74, 6) is 0. The van der Waals surface area contributed by atoms with E-state index >= 15 is 0 Å². The molecule has 0 atom stereocenters. The van der Waals surface area contributed by atoms with Crippen molar-refractivity contribution in [2.24, 2.45) is 0 Å². The van der Waals surface area contributed by atoms with Gasteiger partial charge in [-0.1, -0.05) is 0 Å². The summed E-state index contributed by atoms with van der Waals surface area (Å²) in [6, 6.07) is 0. The van der Waals surface area contributed by atoms with Crippen molar-refractivity contribution in [2.45, 2.75) is 19.6 Å². The van der Waals surface area contributed by atoms with Crippen LogP contribution in [0.5, 0.6) is 0 Å². The molecule has 0 saturated carbocycles. The van der Waals surface area contributed by atoms with Crippen molar-refractivity contribution < 1.29 is 13.2 Å². The molecule has 68 valence electrons. The average molecular weight is 243 g/mol. The zero-order valence-corrected chi connectivity index (χ0v) is 7.78. The SMILES string of the molecule is Cc1nn(CC(F)(F)F)cc1Br. The Morgan fingerprint density at radius 3 is 2.50 bits per heavy atom. The molecule has 1 rings (SSSR count). The van der Waals surface area contributed by atoms with Crippen LogP contribution in [0, 0.1) is 6.92 Å². The molecule has 0 amide bonds. The average Bonchev–Trinajstić information content (AvgIpc) is 2.07. The highest BCUT2D eigenvalue weighted by Crippen LogP contribution is 2.19. The molecule has 0 N–H and O–H groups in total. The largest absolute Gasteiger partial charge is 0.408 e. The number of hydrogen-bond acceptors (Lipinski definition) is 1. The van der Waals surface area contributed by atoms with Crippen LogP contribution in [0.4, 0.5) is 13.2 Å². The molecule has 0 aromatic carbocycles. The summed E-state index contributed by atoms with van der Waals surface area (Å²) >= 11 is 3.07. The lowest BCUT2D eigenvalue weighted by Gasteiger charge is -2.04. The maximum Gasteiger partial charge on any atom is 0.408 e. The second-order valence-corrected chi connectivity index (χ2v) is 3.23. The van der Waals surface area contributed by atoms with Crippen molar-refractivity contribution in [1.29, 1.82) is 0 Å². The second-order valence-electron chi connectivity index (χ2n) is 2.38. The molecular weight excluding hydrogens is 237 g/mol. The fourth-order valence-electron chi connectivity index (χ4n) is 0.758. The molecule has 0 aliphatic rings. The lowest BCUT2D eigenvalue weighted by molar-refractivity contribution is -0.142. The van der Waals surface area contributed by atoms with E-state index in [4.69, 9.17) is 0 Å². The molecule has 6 heteroatoms. The highest BCUT2D eigenvalue weighted by atomic mass is 79.9. The van der Waals surface area contributed by atoms with Crippen molar-refractivity contribution in [3.63, 3.8) is 0 Å². The first-order valence-electron chi connectivity index (χ1n) is 3.15. The summed E-state index contributed by atoms with van der Waals surface area (Å²) in [5.41, 5.74) is 0.555. The van der Waals surface area contributed by atoms with E-state index in [-0.39, 0.29) is 0 Å². The van der Waals surface area contributed by atoms with Crippen molar-refractivity contribution in [3.05, 3.63) is 16.4 Å². The molecule has 1 heterocycles. The van der Waals surface area contributed by atoms with Crippen molar-refractivity contribution in [1.82, 2.24) is 9.78 Å². The number of alkyl halides is 3. The van der Waals surface area contributed by atoms with E-state index < -0.39 is 12.7 Å². The standard InChI is InChI=1S/C6H6BrF3N2/c1-4-5(7)2-12(11-4)3-6(8,9)10/h2H,3H2,1H3. The molecular formula is C6H6BrF3N2. The first kappa shape index (κ1) is 9.57. The maximum atomic E-state index is 11.8. The summed E-state index contributed by atoms with van der Waals surface area (Å²) in [4.78, 5) is 0. The van der Waals surface area contributed by atoms with Gasteiger partial charge in [0.15, 0.2) is 0 Å². The summed E-state index contributed by atoms with van der Waals surface area (Å²) < 4.78 is 36.9. The zero-order valence-electron chi connectivity index (χ0n) is 6.19. The number of nitrogens with zero attached hydrogens (tertiary/aromatic N) is 2. The Morgan fingerprint density at radius 2 is 2.17 bits per heavy atom. The third kappa shape index (κ3) is 2.51. The first-order chi connectivity index (χ1) is 5.38. The summed E-state index contributed by atoms with van der Waals surface area (Å²) in [6.07, 6.45) is -2.90. The van der Waals surface area contributed by atoms with Crippen molar-refractivity contribution in [3.8, 4) is 0 Å². The summed E-state index contributed by atoms with van der Waals surface area (Å²) in [6.45, 7) is 0.594. The number of aromatic nitrogens is 2. The lowest BCUT2D eigenvalue weighted by Crippen LogP contribution is -2.17. The topological polar surface area (TPSA) is 17.8 Å². The third-order valence-electron chi connectivity index (χ3n) is 1.23. The van der Waals surface area contributed by atoms with Gasteiger partial charge in [-0.25, -0.2) is 0 Å². The van der Waals surface area contributed by atoms with Gasteiger partial charge in [0.25, 0.3) is 0 Å². The van der Waals surface area contributed by atoms with Crippen LogP contribution < -0.4 is 0 Å². The van der Waals surface area contributed by atoms with Crippen LogP contribution in [0.25, 0.3) is 0 Å². The van der Waals surface area contributed by atoms with E-state index in [1.54, 1.807) is 6.92 Å². The molecule has 0 aliphatic heterocycles. The highest BCUT2D eigenvalue weighted by molar-refractivity contribution is 9.10. The molecule has 0 aliphatic carbocycles. The Bertz CT molecular complexity index is 259. The summed E-state index contributed by atoms with van der Waals surface area (Å²) in [7, 11) is 0. The molecule has 1 aromatic rings. The van der Waals surface area contributed by atoms with Gasteiger partial charge in [-0.2, -0.15) is 18.3 Å². The molecule has 0 unspecified atom stereocenters. The van der Waals surface area contributed by atoms with Crippen LogP contribution in [0.3, 0.4) is 0 Å². The number of hydrogen-bond donors (Lipinski definition) is 0. The fraction of sp³-hybridized carbons (Fsp3) is 0.500. The number of aryl methyl sites for hydroxylation is 1. The van der Waals surface area contributed by atoms with E-state index in [0.29, 0.717) is 10.2 Å². The molecule has 12 heavy (non-hydrogen) atoms. The van der Waals surface area contributed by atoms with Gasteiger partial charge in [0.2, 0.25) is 0 Å². The highest BCUT2D eigenvalue weighted by Gasteiger charge is 2.28. The Balaban J connectivity index is 2.77. The van der Waals surface area contributed by atoms with Crippen LogP contribution in [0.15, 0.2) is 10.7 Å². The van der Waals surface area contributed by atoms with Crippen molar-refractivity contribution >= 4 is 15.9 Å². The second kappa shape index (κ2) is 3.08. The quantitative estimate of drug-likeness (QED) is 0.740. The first-order valence-corrected chi connectivity index (χ1v) is 3.94. The van der Waals surface area contributed by atoms with Gasteiger partial charge >= 0.3 is 6.18 Å². The Kier molecular flexibility index (Phi) is 2.46. The predicted molar refractivity (Wildman–Crippen MR) is 40.7 cm³/mol. The molecule has 0 bridgehead atoms. The smallest absolute Gasteiger partial charge is 0.262 e. The zero-order chi connectivity index (χ0) is 9.35. The van der Waals surface area contributed by atoms with Gasteiger partial charge in [-0.15, -0.1) is 0 Å². The molecule has 0 radical (unpaired) electrons. The molecule has 0 spiro atoms. The predicted octanol–water partition coefficient (Wildman–Crippen LogP) is 2.52. The molecule has 2 nitrogen and oxygen atoms in total. The van der Waals surface area contributed by atoms with Crippen LogP contribution >= 0.6 is 15.9 Å². The fourth-order valence-corrected chi connectivity index (χ4v) is 1.07. The van der Waals surface area contributed by atoms with Crippen LogP contribution in [0.1, 0.15) is 5.69 Å². The van der Waals surface area contributed by atoms with E-state index in [1.165, 1.54) is 6.20 Å². The monoisotopic (exact) mass is 242 g/mol. The van der Waals surface area contributed by atoms with Gasteiger partial charge in [-0.3, -0.25) is 4.68 Å². The van der Waals surface area contributed by atoms with Crippen molar-refractivity contribution in [2.75, 3.05) is 0 Å². The van der Waals surface area contributed by atoms with Crippen LogP contribution in [0.2, 0.25) is 0 Å². The van der Waals surface area contributed by atoms with Gasteiger partial charge in [0.1, 0.15) is 6.54 Å². The van der Waals surface area contributed by atoms with Gasteiger partial charge in [0.05, 0.1) is 10.2 Å². The minimum absolute atomic E-state index is 0.555. The van der Waals surface area contributed by atoms with Gasteiger partial charge in [-0.05, 0) is 22.9 Å². The van der Waals surface area contributed by atoms with Gasteiger partial charge < -0.3 is 0 Å². The van der Waals surface area contributed by atoms with E-state index in [2.05, 4.69) is 21.0 Å². The van der Waals surface area contributed by atoms with Crippen LogP contribution in [-0.2, 0) is 6.54 Å². The van der Waals surface area contributed by atoms with E-state index in [1.807, 2.05) is 0 Å². The Morgan fingerprint density at radius 1 is 1.58 bits per heavy atom. The molecule has 0 fully saturated rings. The Hall–Kier alpha value is -0.520.